The maximum Gasteiger partial charge on any atom is 0.310 e. The largest absolute Gasteiger partial charge is 0.466 e. The van der Waals surface area contributed by atoms with Gasteiger partial charge in [-0.2, -0.15) is 0 Å². The molecule has 0 unspecified atom stereocenters. The number of carbonyl (C=O) groups excluding carboxylic acids is 2. The van der Waals surface area contributed by atoms with E-state index in [1.165, 1.54) is 11.3 Å². The zero-order valence-electron chi connectivity index (χ0n) is 11.0. The Morgan fingerprint density at radius 3 is 2.85 bits per heavy atom. The van der Waals surface area contributed by atoms with Crippen LogP contribution in [0.2, 0.25) is 0 Å². The van der Waals surface area contributed by atoms with Crippen LogP contribution in [-0.4, -0.2) is 36.5 Å². The molecule has 1 atom stereocenters. The van der Waals surface area contributed by atoms with Gasteiger partial charge in [0.25, 0.3) is 5.91 Å². The summed E-state index contributed by atoms with van der Waals surface area (Å²) in [6.07, 6.45) is 1.62. The van der Waals surface area contributed by atoms with Crippen molar-refractivity contribution in [2.45, 2.75) is 19.8 Å². The molecule has 0 aliphatic carbocycles. The van der Waals surface area contributed by atoms with E-state index in [9.17, 15) is 9.59 Å². The number of nitrogens with zero attached hydrogens (tertiary/aromatic N) is 1. The maximum atomic E-state index is 12.5. The van der Waals surface area contributed by atoms with Crippen molar-refractivity contribution < 1.29 is 14.3 Å². The molecule has 1 saturated heterocycles. The van der Waals surface area contributed by atoms with Crippen LogP contribution in [0.1, 0.15) is 30.1 Å². The van der Waals surface area contributed by atoms with Crippen molar-refractivity contribution in [3.63, 3.8) is 0 Å². The summed E-state index contributed by atoms with van der Waals surface area (Å²) in [5, 5.41) is 0. The lowest BCUT2D eigenvalue weighted by Gasteiger charge is -2.31. The van der Waals surface area contributed by atoms with Crippen LogP contribution in [0, 0.1) is 5.92 Å². The molecule has 20 heavy (non-hydrogen) atoms. The number of ether oxygens (including phenoxy) is 1. The van der Waals surface area contributed by atoms with Crippen molar-refractivity contribution in [1.29, 1.82) is 0 Å². The van der Waals surface area contributed by atoms with Crippen molar-refractivity contribution in [3.05, 3.63) is 19.2 Å². The molecule has 1 aromatic heterocycles. The second kappa shape index (κ2) is 7.04. The maximum absolute atomic E-state index is 12.5. The molecule has 0 radical (unpaired) electrons. The molecule has 1 amide bonds. The molecule has 1 aliphatic rings. The molecular formula is C13H15Br2NO3S. The Labute approximate surface area is 138 Å². The van der Waals surface area contributed by atoms with Crippen molar-refractivity contribution in [2.24, 2.45) is 5.92 Å². The van der Waals surface area contributed by atoms with Gasteiger partial charge in [-0.3, -0.25) is 9.59 Å². The van der Waals surface area contributed by atoms with Crippen LogP contribution >= 0.6 is 43.2 Å². The molecule has 2 rings (SSSR count). The highest BCUT2D eigenvalue weighted by molar-refractivity contribution is 9.12. The molecule has 110 valence electrons. The summed E-state index contributed by atoms with van der Waals surface area (Å²) in [5.74, 6) is -0.433. The number of amides is 1. The van der Waals surface area contributed by atoms with Gasteiger partial charge in [0.15, 0.2) is 0 Å². The molecule has 0 spiro atoms. The molecule has 2 heterocycles. The Morgan fingerprint density at radius 1 is 1.50 bits per heavy atom. The third-order valence-electron chi connectivity index (χ3n) is 3.22. The van der Waals surface area contributed by atoms with E-state index in [0.29, 0.717) is 25.3 Å². The molecule has 0 saturated carbocycles. The zero-order chi connectivity index (χ0) is 14.7. The quantitative estimate of drug-likeness (QED) is 0.695. The SMILES string of the molecule is CCOC(=O)[C@H]1CCCN(C(=O)c2cc(Br)sc2Br)C1. The van der Waals surface area contributed by atoms with E-state index in [-0.39, 0.29) is 17.8 Å². The monoisotopic (exact) mass is 423 g/mol. The van der Waals surface area contributed by atoms with E-state index in [4.69, 9.17) is 4.74 Å². The Kier molecular flexibility index (Phi) is 5.63. The van der Waals surface area contributed by atoms with Gasteiger partial charge in [0.1, 0.15) is 0 Å². The van der Waals surface area contributed by atoms with Gasteiger partial charge in [0.2, 0.25) is 0 Å². The highest BCUT2D eigenvalue weighted by Gasteiger charge is 2.30. The number of rotatable bonds is 3. The van der Waals surface area contributed by atoms with Crippen LogP contribution in [0.3, 0.4) is 0 Å². The van der Waals surface area contributed by atoms with Gasteiger partial charge >= 0.3 is 5.97 Å². The Balaban J connectivity index is 2.07. The predicted octanol–water partition coefficient (Wildman–Crippen LogP) is 3.69. The van der Waals surface area contributed by atoms with Crippen molar-refractivity contribution in [3.8, 4) is 0 Å². The summed E-state index contributed by atoms with van der Waals surface area (Å²) in [6, 6.07) is 1.81. The molecule has 4 nitrogen and oxygen atoms in total. The third kappa shape index (κ3) is 3.62. The second-order valence-electron chi connectivity index (χ2n) is 4.58. The van der Waals surface area contributed by atoms with E-state index < -0.39 is 0 Å². The number of thiophene rings is 1. The van der Waals surface area contributed by atoms with E-state index in [0.717, 1.165) is 20.4 Å². The smallest absolute Gasteiger partial charge is 0.310 e. The number of hydrogen-bond acceptors (Lipinski definition) is 4. The molecule has 1 fully saturated rings. The number of halogens is 2. The first kappa shape index (κ1) is 16.0. The Morgan fingerprint density at radius 2 is 2.25 bits per heavy atom. The topological polar surface area (TPSA) is 46.6 Å². The first-order chi connectivity index (χ1) is 9.52. The van der Waals surface area contributed by atoms with E-state index in [2.05, 4.69) is 31.9 Å². The number of likely N-dealkylation sites (tertiary alicyclic amines) is 1. The fourth-order valence-corrected chi connectivity index (χ4v) is 5.05. The summed E-state index contributed by atoms with van der Waals surface area (Å²) < 4.78 is 6.77. The lowest BCUT2D eigenvalue weighted by Crippen LogP contribution is -2.42. The van der Waals surface area contributed by atoms with Gasteiger partial charge in [-0.25, -0.2) is 0 Å². The standard InChI is InChI=1S/C13H15Br2NO3S/c1-2-19-13(18)8-4-3-5-16(7-8)12(17)9-6-10(14)20-11(9)15/h6,8H,2-5,7H2,1H3/t8-/m0/s1. The van der Waals surface area contributed by atoms with E-state index in [1.807, 2.05) is 6.07 Å². The van der Waals surface area contributed by atoms with Crippen LogP contribution in [0.25, 0.3) is 0 Å². The first-order valence-corrected chi connectivity index (χ1v) is 8.84. The highest BCUT2D eigenvalue weighted by Crippen LogP contribution is 2.33. The first-order valence-electron chi connectivity index (χ1n) is 6.43. The Bertz CT molecular complexity index is 518. The van der Waals surface area contributed by atoms with Gasteiger partial charge < -0.3 is 9.64 Å². The lowest BCUT2D eigenvalue weighted by atomic mass is 9.98. The average molecular weight is 425 g/mol. The minimum atomic E-state index is -0.200. The van der Waals surface area contributed by atoms with Gasteiger partial charge in [0, 0.05) is 13.1 Å². The van der Waals surface area contributed by atoms with Gasteiger partial charge in [-0.05, 0) is 57.7 Å². The molecule has 1 aliphatic heterocycles. The number of piperidine rings is 1. The van der Waals surface area contributed by atoms with Gasteiger partial charge in [-0.1, -0.05) is 0 Å². The normalized spacial score (nSPS) is 18.9. The minimum Gasteiger partial charge on any atom is -0.466 e. The van der Waals surface area contributed by atoms with Crippen molar-refractivity contribution in [1.82, 2.24) is 4.90 Å². The summed E-state index contributed by atoms with van der Waals surface area (Å²) in [4.78, 5) is 26.0. The van der Waals surface area contributed by atoms with Crippen LogP contribution < -0.4 is 0 Å². The minimum absolute atomic E-state index is 0.0344. The highest BCUT2D eigenvalue weighted by atomic mass is 79.9. The summed E-state index contributed by atoms with van der Waals surface area (Å²) in [6.45, 7) is 3.31. The fraction of sp³-hybridized carbons (Fsp3) is 0.538. The Hall–Kier alpha value is -0.400. The van der Waals surface area contributed by atoms with Gasteiger partial charge in [0.05, 0.1) is 25.7 Å². The summed E-state index contributed by atoms with van der Waals surface area (Å²) in [5.41, 5.74) is 0.645. The molecular weight excluding hydrogens is 410 g/mol. The molecule has 0 aromatic carbocycles. The fourth-order valence-electron chi connectivity index (χ4n) is 2.27. The van der Waals surface area contributed by atoms with E-state index >= 15 is 0 Å². The van der Waals surface area contributed by atoms with Crippen molar-refractivity contribution >= 4 is 55.1 Å². The summed E-state index contributed by atoms with van der Waals surface area (Å²) >= 11 is 8.25. The predicted molar refractivity (Wildman–Crippen MR) is 85.0 cm³/mol. The van der Waals surface area contributed by atoms with E-state index in [1.54, 1.807) is 11.8 Å². The second-order valence-corrected chi connectivity index (χ2v) is 8.33. The molecule has 1 aromatic rings. The van der Waals surface area contributed by atoms with Gasteiger partial charge in [-0.15, -0.1) is 11.3 Å². The number of esters is 1. The lowest BCUT2D eigenvalue weighted by molar-refractivity contribution is -0.149. The zero-order valence-corrected chi connectivity index (χ0v) is 15.0. The number of hydrogen-bond donors (Lipinski definition) is 0. The number of carbonyl (C=O) groups is 2. The summed E-state index contributed by atoms with van der Waals surface area (Å²) in [7, 11) is 0. The van der Waals surface area contributed by atoms with Crippen LogP contribution in [0.4, 0.5) is 0 Å². The third-order valence-corrected chi connectivity index (χ3v) is 5.55. The van der Waals surface area contributed by atoms with Crippen LogP contribution in [0.15, 0.2) is 13.6 Å². The van der Waals surface area contributed by atoms with Crippen molar-refractivity contribution in [2.75, 3.05) is 19.7 Å². The van der Waals surface area contributed by atoms with Crippen LogP contribution in [-0.2, 0) is 9.53 Å². The van der Waals surface area contributed by atoms with Crippen LogP contribution in [0.5, 0.6) is 0 Å². The molecule has 0 bridgehead atoms. The molecule has 0 N–H and O–H groups in total. The molecule has 7 heteroatoms. The average Bonchev–Trinajstić information content (AvgIpc) is 2.77.